The lowest BCUT2D eigenvalue weighted by Crippen LogP contribution is -2.18. The molecule has 2 aromatic heterocycles. The number of amides is 1. The van der Waals surface area contributed by atoms with Crippen molar-refractivity contribution in [3.63, 3.8) is 0 Å². The number of thiazole rings is 1. The highest BCUT2D eigenvalue weighted by molar-refractivity contribution is 7.22. The lowest BCUT2D eigenvalue weighted by atomic mass is 10.3. The summed E-state index contributed by atoms with van der Waals surface area (Å²) in [4.78, 5) is 16.2. The normalized spacial score (nSPS) is 11.1. The third-order valence-electron chi connectivity index (χ3n) is 2.91. The third kappa shape index (κ3) is 3.81. The number of hydrogen-bond donors (Lipinski definition) is 1. The van der Waals surface area contributed by atoms with Crippen molar-refractivity contribution >= 4 is 32.6 Å². The van der Waals surface area contributed by atoms with Crippen LogP contribution >= 0.6 is 11.3 Å². The molecule has 120 valence electrons. The highest BCUT2D eigenvalue weighted by Crippen LogP contribution is 2.29. The smallest absolute Gasteiger partial charge is 0.387 e. The minimum Gasteiger partial charge on any atom is -0.435 e. The Morgan fingerprint density at radius 2 is 2.26 bits per heavy atom. The summed E-state index contributed by atoms with van der Waals surface area (Å²) in [6.07, 6.45) is 1.71. The topological polar surface area (TPSA) is 69.0 Å². The molecule has 0 aliphatic carbocycles. The van der Waals surface area contributed by atoms with Crippen molar-refractivity contribution in [1.82, 2.24) is 14.8 Å². The van der Waals surface area contributed by atoms with E-state index in [1.165, 1.54) is 28.2 Å². The van der Waals surface area contributed by atoms with Crippen LogP contribution in [0.25, 0.3) is 10.2 Å². The fourth-order valence-corrected chi connectivity index (χ4v) is 2.90. The summed E-state index contributed by atoms with van der Waals surface area (Å²) >= 11 is 1.19. The van der Waals surface area contributed by atoms with Gasteiger partial charge >= 0.3 is 6.61 Å². The van der Waals surface area contributed by atoms with Crippen molar-refractivity contribution in [2.75, 3.05) is 5.32 Å². The van der Waals surface area contributed by atoms with Gasteiger partial charge in [-0.25, -0.2) is 4.98 Å². The van der Waals surface area contributed by atoms with Crippen molar-refractivity contribution in [3.05, 3.63) is 36.2 Å². The van der Waals surface area contributed by atoms with Gasteiger partial charge in [0.25, 0.3) is 0 Å². The van der Waals surface area contributed by atoms with Gasteiger partial charge in [0.15, 0.2) is 5.13 Å². The number of carbonyl (C=O) groups excluding carboxylic acids is 1. The molecule has 0 spiro atoms. The van der Waals surface area contributed by atoms with Gasteiger partial charge in [-0.2, -0.15) is 13.9 Å². The van der Waals surface area contributed by atoms with Crippen LogP contribution in [-0.4, -0.2) is 27.3 Å². The van der Waals surface area contributed by atoms with Gasteiger partial charge in [-0.05, 0) is 31.2 Å². The molecule has 3 rings (SSSR count). The highest BCUT2D eigenvalue weighted by Gasteiger charge is 2.11. The molecule has 0 bridgehead atoms. The number of aromatic nitrogens is 3. The van der Waals surface area contributed by atoms with Gasteiger partial charge in [0.2, 0.25) is 5.91 Å². The Labute approximate surface area is 133 Å². The molecule has 0 radical (unpaired) electrons. The standard InChI is InChI=1S/C14H12F2N4O2S/c1-8-4-5-20(19-8)7-12(21)18-14-17-10-3-2-9(22-13(15)16)6-11(10)23-14/h2-6,13H,7H2,1H3,(H,17,18,21). The van der Waals surface area contributed by atoms with Crippen molar-refractivity contribution in [3.8, 4) is 5.75 Å². The fourth-order valence-electron chi connectivity index (χ4n) is 1.99. The second kappa shape index (κ2) is 6.29. The molecule has 1 N–H and O–H groups in total. The van der Waals surface area contributed by atoms with Crippen LogP contribution in [-0.2, 0) is 11.3 Å². The molecule has 0 saturated carbocycles. The van der Waals surface area contributed by atoms with Gasteiger partial charge in [0.05, 0.1) is 15.9 Å². The second-order valence-electron chi connectivity index (χ2n) is 4.73. The predicted molar refractivity (Wildman–Crippen MR) is 81.8 cm³/mol. The first-order valence-corrected chi connectivity index (χ1v) is 7.46. The van der Waals surface area contributed by atoms with Crippen LogP contribution in [0.1, 0.15) is 5.69 Å². The van der Waals surface area contributed by atoms with Crippen LogP contribution in [0.3, 0.4) is 0 Å². The van der Waals surface area contributed by atoms with Crippen molar-refractivity contribution in [2.24, 2.45) is 0 Å². The van der Waals surface area contributed by atoms with E-state index in [4.69, 9.17) is 0 Å². The number of nitrogens with one attached hydrogen (secondary N) is 1. The van der Waals surface area contributed by atoms with Crippen LogP contribution in [0.15, 0.2) is 30.5 Å². The maximum absolute atomic E-state index is 12.2. The summed E-state index contributed by atoms with van der Waals surface area (Å²) in [5.74, 6) is -0.211. The molecule has 0 aliphatic rings. The average molecular weight is 338 g/mol. The van der Waals surface area contributed by atoms with Gasteiger partial charge in [-0.3, -0.25) is 9.48 Å². The van der Waals surface area contributed by atoms with Crippen molar-refractivity contribution in [1.29, 1.82) is 0 Å². The zero-order valence-electron chi connectivity index (χ0n) is 12.0. The van der Waals surface area contributed by atoms with Gasteiger partial charge in [-0.15, -0.1) is 0 Å². The molecule has 0 fully saturated rings. The molecular formula is C14H12F2N4O2S. The highest BCUT2D eigenvalue weighted by atomic mass is 32.1. The Hall–Kier alpha value is -2.55. The molecular weight excluding hydrogens is 326 g/mol. The number of alkyl halides is 2. The number of fused-ring (bicyclic) bond motifs is 1. The maximum Gasteiger partial charge on any atom is 0.387 e. The largest absolute Gasteiger partial charge is 0.435 e. The lowest BCUT2D eigenvalue weighted by Gasteiger charge is -2.02. The molecule has 23 heavy (non-hydrogen) atoms. The summed E-state index contributed by atoms with van der Waals surface area (Å²) in [6, 6.07) is 6.24. The summed E-state index contributed by atoms with van der Waals surface area (Å²) in [6.45, 7) is -0.970. The SMILES string of the molecule is Cc1ccn(CC(=O)Nc2nc3ccc(OC(F)F)cc3s2)n1. The number of nitrogens with zero attached hydrogens (tertiary/aromatic N) is 3. The minimum absolute atomic E-state index is 0.0565. The van der Waals surface area contributed by atoms with E-state index in [9.17, 15) is 13.6 Å². The quantitative estimate of drug-likeness (QED) is 0.776. The van der Waals surface area contributed by atoms with E-state index in [-0.39, 0.29) is 18.2 Å². The summed E-state index contributed by atoms with van der Waals surface area (Å²) < 4.78 is 30.9. The van der Waals surface area contributed by atoms with Crippen LogP contribution in [0.2, 0.25) is 0 Å². The first-order valence-electron chi connectivity index (χ1n) is 6.65. The van der Waals surface area contributed by atoms with E-state index in [1.807, 2.05) is 6.92 Å². The summed E-state index contributed by atoms with van der Waals surface area (Å²) in [7, 11) is 0. The third-order valence-corrected chi connectivity index (χ3v) is 3.84. The monoisotopic (exact) mass is 338 g/mol. The lowest BCUT2D eigenvalue weighted by molar-refractivity contribution is -0.116. The Balaban J connectivity index is 1.71. The Kier molecular flexibility index (Phi) is 4.20. The molecule has 0 atom stereocenters. The molecule has 0 unspecified atom stereocenters. The molecule has 9 heteroatoms. The molecule has 2 heterocycles. The number of halogens is 2. The molecule has 1 aromatic carbocycles. The molecule has 0 aliphatic heterocycles. The summed E-state index contributed by atoms with van der Waals surface area (Å²) in [5, 5.41) is 7.19. The van der Waals surface area contributed by atoms with Gasteiger partial charge in [0.1, 0.15) is 12.3 Å². The van der Waals surface area contributed by atoms with Crippen LogP contribution in [0.4, 0.5) is 13.9 Å². The van der Waals surface area contributed by atoms with Crippen molar-refractivity contribution < 1.29 is 18.3 Å². The number of benzene rings is 1. The molecule has 0 saturated heterocycles. The van der Waals surface area contributed by atoms with Crippen LogP contribution < -0.4 is 10.1 Å². The average Bonchev–Trinajstić information content (AvgIpc) is 3.03. The zero-order chi connectivity index (χ0) is 16.4. The first kappa shape index (κ1) is 15.3. The summed E-state index contributed by atoms with van der Waals surface area (Å²) in [5.41, 5.74) is 1.42. The van der Waals surface area contributed by atoms with E-state index in [0.717, 1.165) is 5.69 Å². The Morgan fingerprint density at radius 1 is 1.43 bits per heavy atom. The second-order valence-corrected chi connectivity index (χ2v) is 5.76. The van der Waals surface area contributed by atoms with Gasteiger partial charge < -0.3 is 10.1 Å². The van der Waals surface area contributed by atoms with Gasteiger partial charge in [0, 0.05) is 6.20 Å². The van der Waals surface area contributed by atoms with E-state index >= 15 is 0 Å². The number of ether oxygens (including phenoxy) is 1. The molecule has 1 amide bonds. The number of rotatable bonds is 5. The number of aryl methyl sites for hydroxylation is 1. The molecule has 6 nitrogen and oxygen atoms in total. The Morgan fingerprint density at radius 3 is 2.96 bits per heavy atom. The minimum atomic E-state index is -2.88. The fraction of sp³-hybridized carbons (Fsp3) is 0.214. The Bertz CT molecular complexity index is 846. The van der Waals surface area contributed by atoms with Crippen LogP contribution in [0, 0.1) is 6.92 Å². The van der Waals surface area contributed by atoms with E-state index in [2.05, 4.69) is 20.1 Å². The van der Waals surface area contributed by atoms with E-state index < -0.39 is 6.61 Å². The predicted octanol–water partition coefficient (Wildman–Crippen LogP) is 3.04. The number of hydrogen-bond acceptors (Lipinski definition) is 5. The zero-order valence-corrected chi connectivity index (χ0v) is 12.8. The van der Waals surface area contributed by atoms with E-state index in [0.29, 0.717) is 15.3 Å². The maximum atomic E-state index is 12.2. The number of anilines is 1. The van der Waals surface area contributed by atoms with E-state index in [1.54, 1.807) is 18.3 Å². The number of carbonyl (C=O) groups is 1. The first-order chi connectivity index (χ1) is 11.0. The van der Waals surface area contributed by atoms with Gasteiger partial charge in [-0.1, -0.05) is 11.3 Å². The van der Waals surface area contributed by atoms with Crippen molar-refractivity contribution in [2.45, 2.75) is 20.1 Å². The van der Waals surface area contributed by atoms with Crippen LogP contribution in [0.5, 0.6) is 5.75 Å². The molecule has 3 aromatic rings.